The lowest BCUT2D eigenvalue weighted by Crippen LogP contribution is -2.05. The molecule has 1 aliphatic carbocycles. The van der Waals surface area contributed by atoms with Gasteiger partial charge in [0.25, 0.3) is 0 Å². The quantitative estimate of drug-likeness (QED) is 0.503. The lowest BCUT2D eigenvalue weighted by Gasteiger charge is -2.09. The van der Waals surface area contributed by atoms with Crippen molar-refractivity contribution in [2.24, 2.45) is 0 Å². The van der Waals surface area contributed by atoms with Crippen LogP contribution in [0.5, 0.6) is 5.75 Å². The third-order valence-corrected chi connectivity index (χ3v) is 5.74. The Morgan fingerprint density at radius 3 is 2.50 bits per heavy atom. The number of aromatic carboxylic acids is 1. The van der Waals surface area contributed by atoms with Gasteiger partial charge in [0.05, 0.1) is 25.7 Å². The number of aromatic nitrogens is 1. The Balaban J connectivity index is 1.92. The van der Waals surface area contributed by atoms with Crippen LogP contribution >= 0.6 is 31.9 Å². The summed E-state index contributed by atoms with van der Waals surface area (Å²) in [5, 5.41) is 20.3. The fraction of sp³-hybridized carbons (Fsp3) is 0.100. The lowest BCUT2D eigenvalue weighted by molar-refractivity contribution is 0.0698. The number of phenols is 1. The van der Waals surface area contributed by atoms with Gasteiger partial charge in [-0.1, -0.05) is 18.2 Å². The summed E-state index contributed by atoms with van der Waals surface area (Å²) >= 11 is 6.68. The predicted molar refractivity (Wildman–Crippen MR) is 108 cm³/mol. The monoisotopic (exact) mass is 473 g/mol. The van der Waals surface area contributed by atoms with E-state index in [1.807, 2.05) is 42.5 Å². The number of phenolic OH excluding ortho intramolecular Hbond substituents is 1. The summed E-state index contributed by atoms with van der Waals surface area (Å²) in [5.74, 6) is -0.771. The van der Waals surface area contributed by atoms with E-state index in [0.717, 1.165) is 28.8 Å². The number of hydrogen-bond acceptors (Lipinski definition) is 3. The molecule has 0 fully saturated rings. The van der Waals surface area contributed by atoms with Crippen molar-refractivity contribution in [2.75, 3.05) is 0 Å². The van der Waals surface area contributed by atoms with Crippen LogP contribution in [0.2, 0.25) is 0 Å². The second kappa shape index (κ2) is 6.52. The maximum atomic E-state index is 11.9. The molecule has 6 heteroatoms. The van der Waals surface area contributed by atoms with E-state index < -0.39 is 5.97 Å². The molecular weight excluding hydrogens is 462 g/mol. The third-order valence-electron chi connectivity index (χ3n) is 4.54. The molecule has 1 aliphatic rings. The topological polar surface area (TPSA) is 70.4 Å². The molecule has 2 N–H and O–H groups in total. The largest absolute Gasteiger partial charge is 0.506 e. The van der Waals surface area contributed by atoms with Crippen LogP contribution in [0.4, 0.5) is 0 Å². The lowest BCUT2D eigenvalue weighted by atomic mass is 10.0. The molecule has 2 aromatic carbocycles. The van der Waals surface area contributed by atoms with E-state index in [0.29, 0.717) is 31.8 Å². The predicted octanol–water partition coefficient (Wildman–Crippen LogP) is 5.65. The second-order valence-corrected chi connectivity index (χ2v) is 7.85. The van der Waals surface area contributed by atoms with E-state index in [1.165, 1.54) is 0 Å². The van der Waals surface area contributed by atoms with Gasteiger partial charge in [-0.25, -0.2) is 9.78 Å². The molecule has 0 atom stereocenters. The van der Waals surface area contributed by atoms with Crippen LogP contribution in [0.3, 0.4) is 0 Å². The van der Waals surface area contributed by atoms with Crippen molar-refractivity contribution in [1.29, 1.82) is 0 Å². The molecule has 3 aromatic rings. The molecule has 130 valence electrons. The zero-order valence-corrected chi connectivity index (χ0v) is 16.6. The summed E-state index contributed by atoms with van der Waals surface area (Å²) in [7, 11) is 0. The number of carboxylic acid groups (broad SMARTS) is 1. The first kappa shape index (κ1) is 17.2. The second-order valence-electron chi connectivity index (χ2n) is 6.14. The zero-order chi connectivity index (χ0) is 18.4. The Bertz CT molecular complexity index is 1080. The van der Waals surface area contributed by atoms with Gasteiger partial charge in [-0.2, -0.15) is 0 Å². The number of fused-ring (bicyclic) bond motifs is 2. The molecule has 0 saturated heterocycles. The number of carbonyl (C=O) groups is 1. The van der Waals surface area contributed by atoms with E-state index in [-0.39, 0.29) is 5.75 Å². The molecule has 0 aliphatic heterocycles. The number of para-hydroxylation sites is 1. The number of benzene rings is 2. The fourth-order valence-corrected chi connectivity index (χ4v) is 4.61. The molecule has 4 nitrogen and oxygen atoms in total. The fourth-order valence-electron chi connectivity index (χ4n) is 3.39. The van der Waals surface area contributed by atoms with E-state index in [2.05, 4.69) is 31.9 Å². The Kier molecular flexibility index (Phi) is 4.32. The van der Waals surface area contributed by atoms with Crippen LogP contribution in [-0.4, -0.2) is 21.2 Å². The molecule has 1 aromatic heterocycles. The average molecular weight is 475 g/mol. The number of rotatable bonds is 2. The van der Waals surface area contributed by atoms with Gasteiger partial charge in [0, 0.05) is 5.39 Å². The van der Waals surface area contributed by atoms with Crippen molar-refractivity contribution in [2.45, 2.75) is 12.8 Å². The maximum absolute atomic E-state index is 11.9. The number of aromatic hydroxyl groups is 1. The highest BCUT2D eigenvalue weighted by Crippen LogP contribution is 2.39. The standard InChI is InChI=1S/C20H13Br2NO3/c21-14-8-10(9-15(22)19(14)24)7-11-5-6-13-17(20(25)26)12-3-1-2-4-16(12)23-18(11)13/h1-4,7-9,24H,5-6H2,(H,25,26)/b11-7+. The first-order chi connectivity index (χ1) is 12.5. The Labute approximate surface area is 166 Å². The van der Waals surface area contributed by atoms with Crippen molar-refractivity contribution in [1.82, 2.24) is 4.98 Å². The van der Waals surface area contributed by atoms with Gasteiger partial charge in [0.1, 0.15) is 5.75 Å². The van der Waals surface area contributed by atoms with Gasteiger partial charge < -0.3 is 10.2 Å². The SMILES string of the molecule is O=C(O)c1c2c(nc3ccccc13)/C(=C/c1cc(Br)c(O)c(Br)c1)CC2. The van der Waals surface area contributed by atoms with E-state index in [1.54, 1.807) is 0 Å². The molecule has 0 spiro atoms. The molecule has 26 heavy (non-hydrogen) atoms. The number of allylic oxidation sites excluding steroid dienone is 1. The van der Waals surface area contributed by atoms with Gasteiger partial charge in [-0.05, 0) is 85.7 Å². The Morgan fingerprint density at radius 1 is 1.12 bits per heavy atom. The van der Waals surface area contributed by atoms with Gasteiger partial charge in [0.15, 0.2) is 0 Å². The minimum absolute atomic E-state index is 0.149. The smallest absolute Gasteiger partial charge is 0.336 e. The van der Waals surface area contributed by atoms with Crippen LogP contribution in [0.1, 0.15) is 33.6 Å². The molecule has 0 bridgehead atoms. The van der Waals surface area contributed by atoms with Crippen LogP contribution in [-0.2, 0) is 6.42 Å². The van der Waals surface area contributed by atoms with Crippen LogP contribution in [0.25, 0.3) is 22.6 Å². The number of halogens is 2. The maximum Gasteiger partial charge on any atom is 0.336 e. The van der Waals surface area contributed by atoms with E-state index in [4.69, 9.17) is 4.98 Å². The summed E-state index contributed by atoms with van der Waals surface area (Å²) in [6, 6.07) is 11.0. The van der Waals surface area contributed by atoms with Gasteiger partial charge in [-0.15, -0.1) is 0 Å². The summed E-state index contributed by atoms with van der Waals surface area (Å²) < 4.78 is 1.18. The Hall–Kier alpha value is -2.18. The third kappa shape index (κ3) is 2.83. The summed E-state index contributed by atoms with van der Waals surface area (Å²) in [6.45, 7) is 0. The Morgan fingerprint density at radius 2 is 1.81 bits per heavy atom. The number of nitrogens with zero attached hydrogens (tertiary/aromatic N) is 1. The number of hydrogen-bond donors (Lipinski definition) is 2. The van der Waals surface area contributed by atoms with Crippen molar-refractivity contribution < 1.29 is 15.0 Å². The highest BCUT2D eigenvalue weighted by molar-refractivity contribution is 9.11. The van der Waals surface area contributed by atoms with Crippen LogP contribution < -0.4 is 0 Å². The van der Waals surface area contributed by atoms with Gasteiger partial charge >= 0.3 is 5.97 Å². The molecule has 0 saturated carbocycles. The normalized spacial score (nSPS) is 14.8. The minimum atomic E-state index is -0.920. The highest BCUT2D eigenvalue weighted by Gasteiger charge is 2.26. The highest BCUT2D eigenvalue weighted by atomic mass is 79.9. The number of carboxylic acids is 1. The molecule has 0 radical (unpaired) electrons. The van der Waals surface area contributed by atoms with Crippen molar-refractivity contribution in [3.8, 4) is 5.75 Å². The van der Waals surface area contributed by atoms with Gasteiger partial charge in [0.2, 0.25) is 0 Å². The molecular formula is C20H13Br2NO3. The van der Waals surface area contributed by atoms with Crippen molar-refractivity contribution in [3.05, 3.63) is 67.7 Å². The average Bonchev–Trinajstić information content (AvgIpc) is 2.99. The molecule has 0 amide bonds. The molecule has 0 unspecified atom stereocenters. The van der Waals surface area contributed by atoms with Crippen molar-refractivity contribution >= 4 is 60.4 Å². The molecule has 4 rings (SSSR count). The van der Waals surface area contributed by atoms with Crippen molar-refractivity contribution in [3.63, 3.8) is 0 Å². The van der Waals surface area contributed by atoms with Crippen LogP contribution in [0.15, 0.2) is 45.3 Å². The van der Waals surface area contributed by atoms with Crippen LogP contribution in [0, 0.1) is 0 Å². The van der Waals surface area contributed by atoms with E-state index in [9.17, 15) is 15.0 Å². The summed E-state index contributed by atoms with van der Waals surface area (Å²) in [6.07, 6.45) is 3.38. The minimum Gasteiger partial charge on any atom is -0.506 e. The van der Waals surface area contributed by atoms with E-state index >= 15 is 0 Å². The first-order valence-electron chi connectivity index (χ1n) is 7.99. The zero-order valence-electron chi connectivity index (χ0n) is 13.5. The molecule has 1 heterocycles. The van der Waals surface area contributed by atoms with Gasteiger partial charge in [-0.3, -0.25) is 0 Å². The number of pyridine rings is 1. The summed E-state index contributed by atoms with van der Waals surface area (Å²) in [5.41, 5.74) is 4.47. The summed E-state index contributed by atoms with van der Waals surface area (Å²) in [4.78, 5) is 16.6. The first-order valence-corrected chi connectivity index (χ1v) is 9.58.